The molecule has 0 bridgehead atoms. The second-order valence-electron chi connectivity index (χ2n) is 9.67. The number of sulfonamides is 1. The van der Waals surface area contributed by atoms with Crippen molar-refractivity contribution < 1.29 is 35.9 Å². The Hall–Kier alpha value is -2.76. The largest absolute Gasteiger partial charge is 0.456 e. The van der Waals surface area contributed by atoms with Crippen LogP contribution in [0, 0.1) is 19.8 Å². The van der Waals surface area contributed by atoms with E-state index in [1.807, 2.05) is 13.8 Å². The van der Waals surface area contributed by atoms with Crippen molar-refractivity contribution in [1.82, 2.24) is 4.31 Å². The topological polar surface area (TPSA) is 124 Å². The predicted octanol–water partition coefficient (Wildman–Crippen LogP) is 3.39. The number of carbonyl (C=O) groups excluding carboxylic acids is 2. The molecule has 0 amide bonds. The number of hydrogen-bond acceptors (Lipinski definition) is 8. The van der Waals surface area contributed by atoms with Crippen LogP contribution in [0.2, 0.25) is 0 Å². The second kappa shape index (κ2) is 10.9. The number of hydrogen-bond donors (Lipinski definition) is 0. The van der Waals surface area contributed by atoms with Gasteiger partial charge in [0.15, 0.2) is 15.9 Å². The van der Waals surface area contributed by atoms with Crippen molar-refractivity contribution in [2.24, 2.45) is 5.92 Å². The van der Waals surface area contributed by atoms with Crippen molar-refractivity contribution in [2.75, 3.05) is 0 Å². The average Bonchev–Trinajstić information content (AvgIpc) is 2.79. The number of ether oxygens (including phenoxy) is 2. The monoisotopic (exact) mass is 551 g/mol. The van der Waals surface area contributed by atoms with Crippen molar-refractivity contribution in [3.8, 4) is 0 Å². The Kier molecular flexibility index (Phi) is 8.50. The Balaban J connectivity index is 2.24. The summed E-state index contributed by atoms with van der Waals surface area (Å²) in [4.78, 5) is 24.3. The molecule has 0 spiro atoms. The van der Waals surface area contributed by atoms with Gasteiger partial charge in [-0.3, -0.25) is 9.59 Å². The van der Waals surface area contributed by atoms with Gasteiger partial charge in [0.2, 0.25) is 16.3 Å². The molecule has 2 aromatic rings. The highest BCUT2D eigenvalue weighted by atomic mass is 32.2. The summed E-state index contributed by atoms with van der Waals surface area (Å²) in [6, 6.07) is 11.5. The molecule has 1 heterocycles. The molecule has 0 aliphatic carbocycles. The van der Waals surface area contributed by atoms with Crippen LogP contribution in [-0.2, 0) is 38.9 Å². The molecule has 1 fully saturated rings. The predicted molar refractivity (Wildman–Crippen MR) is 137 cm³/mol. The zero-order valence-electron chi connectivity index (χ0n) is 21.7. The van der Waals surface area contributed by atoms with Gasteiger partial charge in [-0.15, -0.1) is 0 Å². The number of esters is 2. The maximum Gasteiger partial charge on any atom is 0.304 e. The van der Waals surface area contributed by atoms with Gasteiger partial charge in [-0.05, 0) is 50.5 Å². The van der Waals surface area contributed by atoms with Gasteiger partial charge in [-0.25, -0.2) is 16.8 Å². The summed E-state index contributed by atoms with van der Waals surface area (Å²) in [5.74, 6) is -2.05. The Morgan fingerprint density at radius 1 is 0.811 bits per heavy atom. The van der Waals surface area contributed by atoms with E-state index in [-0.39, 0.29) is 22.1 Å². The molecule has 0 N–H and O–H groups in total. The zero-order chi connectivity index (χ0) is 27.7. The molecule has 4 atom stereocenters. The molecule has 1 aliphatic heterocycles. The van der Waals surface area contributed by atoms with E-state index in [1.165, 1.54) is 24.3 Å². The van der Waals surface area contributed by atoms with E-state index in [4.69, 9.17) is 9.47 Å². The average molecular weight is 552 g/mol. The Morgan fingerprint density at radius 2 is 1.27 bits per heavy atom. The van der Waals surface area contributed by atoms with Gasteiger partial charge in [-0.1, -0.05) is 49.2 Å². The third-order valence-electron chi connectivity index (χ3n) is 6.40. The van der Waals surface area contributed by atoms with E-state index in [0.29, 0.717) is 0 Å². The summed E-state index contributed by atoms with van der Waals surface area (Å²) < 4.78 is 67.5. The minimum absolute atomic E-state index is 0.000764. The normalized spacial score (nSPS) is 23.0. The first-order valence-corrected chi connectivity index (χ1v) is 14.9. The Bertz CT molecular complexity index is 1350. The number of nitrogens with zero attached hydrogens (tertiary/aromatic N) is 1. The number of benzene rings is 2. The molecule has 3 rings (SSSR count). The summed E-state index contributed by atoms with van der Waals surface area (Å²) in [5, 5.41) is -1.36. The summed E-state index contributed by atoms with van der Waals surface area (Å²) in [6.07, 6.45) is -3.46. The lowest BCUT2D eigenvalue weighted by molar-refractivity contribution is -0.185. The van der Waals surface area contributed by atoms with Gasteiger partial charge >= 0.3 is 11.9 Å². The van der Waals surface area contributed by atoms with Crippen LogP contribution in [0.15, 0.2) is 58.3 Å². The van der Waals surface area contributed by atoms with Gasteiger partial charge in [-0.2, -0.15) is 4.31 Å². The highest BCUT2D eigenvalue weighted by Crippen LogP contribution is 2.40. The van der Waals surface area contributed by atoms with E-state index >= 15 is 0 Å². The molecule has 0 radical (unpaired) electrons. The lowest BCUT2D eigenvalue weighted by Gasteiger charge is -2.47. The molecule has 1 saturated heterocycles. The van der Waals surface area contributed by atoms with Crippen molar-refractivity contribution >= 4 is 31.8 Å². The van der Waals surface area contributed by atoms with Crippen LogP contribution in [-0.4, -0.2) is 56.7 Å². The third kappa shape index (κ3) is 6.05. The van der Waals surface area contributed by atoms with Crippen LogP contribution in [0.1, 0.15) is 45.2 Å². The SMILES string of the molecule is CC(=O)O[C@H]1[C@@H](OC(C)=O)N(S(=O)(=O)c2ccc(C)cc2)[C@@H](C(C)C)C[C@@H]1S(=O)(=O)c1ccc(C)cc1. The maximum absolute atomic E-state index is 13.9. The zero-order valence-corrected chi connectivity index (χ0v) is 23.4. The summed E-state index contributed by atoms with van der Waals surface area (Å²) in [7, 11) is -8.44. The van der Waals surface area contributed by atoms with Crippen LogP contribution in [0.3, 0.4) is 0 Å². The van der Waals surface area contributed by atoms with Crippen LogP contribution in [0.4, 0.5) is 0 Å². The van der Waals surface area contributed by atoms with E-state index in [1.54, 1.807) is 38.1 Å². The molecule has 202 valence electrons. The third-order valence-corrected chi connectivity index (χ3v) is 10.5. The number of aryl methyl sites for hydroxylation is 2. The molecule has 0 aromatic heterocycles. The molecule has 1 aliphatic rings. The number of rotatable bonds is 7. The Morgan fingerprint density at radius 3 is 1.70 bits per heavy atom. The number of piperidine rings is 1. The quantitative estimate of drug-likeness (QED) is 0.480. The molecule has 2 aromatic carbocycles. The summed E-state index contributed by atoms with van der Waals surface area (Å²) in [6.45, 7) is 9.33. The first-order chi connectivity index (χ1) is 17.2. The fraction of sp³-hybridized carbons (Fsp3) is 0.462. The van der Waals surface area contributed by atoms with Crippen molar-refractivity contribution in [1.29, 1.82) is 0 Å². The van der Waals surface area contributed by atoms with Crippen LogP contribution in [0.5, 0.6) is 0 Å². The van der Waals surface area contributed by atoms with Gasteiger partial charge in [0.05, 0.1) is 9.79 Å². The smallest absolute Gasteiger partial charge is 0.304 e. The van der Waals surface area contributed by atoms with E-state index < -0.39 is 55.4 Å². The van der Waals surface area contributed by atoms with Crippen molar-refractivity contribution in [3.63, 3.8) is 0 Å². The summed E-state index contributed by atoms with van der Waals surface area (Å²) in [5.41, 5.74) is 1.70. The molecule has 37 heavy (non-hydrogen) atoms. The second-order valence-corrected chi connectivity index (χ2v) is 13.7. The van der Waals surface area contributed by atoms with Crippen LogP contribution in [0.25, 0.3) is 0 Å². The van der Waals surface area contributed by atoms with E-state index in [2.05, 4.69) is 0 Å². The van der Waals surface area contributed by atoms with E-state index in [0.717, 1.165) is 29.3 Å². The fourth-order valence-electron chi connectivity index (χ4n) is 4.53. The van der Waals surface area contributed by atoms with Gasteiger partial charge in [0, 0.05) is 19.9 Å². The standard InChI is InChI=1S/C26H33NO8S2/c1-16(2)23-15-24(36(30,31)21-11-7-17(3)8-12-21)25(34-19(5)28)26(35-20(6)29)27(23)37(32,33)22-13-9-18(4)10-14-22/h7-14,16,23-26H,15H2,1-6H3/t23-,24+,25-,26-/m1/s1. The molecular formula is C26H33NO8S2. The van der Waals surface area contributed by atoms with Crippen molar-refractivity contribution in [3.05, 3.63) is 59.7 Å². The van der Waals surface area contributed by atoms with Crippen molar-refractivity contribution in [2.45, 2.75) is 81.4 Å². The first-order valence-electron chi connectivity index (χ1n) is 11.9. The molecule has 9 nitrogen and oxygen atoms in total. The number of sulfone groups is 1. The minimum atomic E-state index is -4.31. The highest BCUT2D eigenvalue weighted by Gasteiger charge is 2.56. The minimum Gasteiger partial charge on any atom is -0.456 e. The number of carbonyl (C=O) groups is 2. The Labute approximate surface area is 218 Å². The maximum atomic E-state index is 13.9. The summed E-state index contributed by atoms with van der Waals surface area (Å²) >= 11 is 0. The van der Waals surface area contributed by atoms with Gasteiger partial charge < -0.3 is 9.47 Å². The van der Waals surface area contributed by atoms with Gasteiger partial charge in [0.1, 0.15) is 5.25 Å². The lowest BCUT2D eigenvalue weighted by Crippen LogP contribution is -2.65. The fourth-order valence-corrected chi connectivity index (χ4v) is 8.23. The van der Waals surface area contributed by atoms with Crippen LogP contribution >= 0.6 is 0 Å². The van der Waals surface area contributed by atoms with Gasteiger partial charge in [0.25, 0.3) is 0 Å². The molecule has 0 saturated carbocycles. The molecule has 11 heteroatoms. The van der Waals surface area contributed by atoms with E-state index in [9.17, 15) is 26.4 Å². The first kappa shape index (κ1) is 28.8. The molecule has 0 unspecified atom stereocenters. The highest BCUT2D eigenvalue weighted by molar-refractivity contribution is 7.92. The van der Waals surface area contributed by atoms with Crippen LogP contribution < -0.4 is 0 Å². The molecular weight excluding hydrogens is 518 g/mol. The lowest BCUT2D eigenvalue weighted by atomic mass is 9.92.